The zero-order valence-electron chi connectivity index (χ0n) is 11.4. The van der Waals surface area contributed by atoms with E-state index in [1.165, 1.54) is 0 Å². The van der Waals surface area contributed by atoms with Crippen LogP contribution in [0.15, 0.2) is 34.9 Å². The van der Waals surface area contributed by atoms with E-state index in [9.17, 15) is 0 Å². The molecule has 1 aromatic carbocycles. The van der Waals surface area contributed by atoms with Gasteiger partial charge in [-0.05, 0) is 55.8 Å². The van der Waals surface area contributed by atoms with Crippen LogP contribution >= 0.6 is 11.6 Å². The van der Waals surface area contributed by atoms with E-state index in [4.69, 9.17) is 20.8 Å². The molecule has 2 aromatic rings. The summed E-state index contributed by atoms with van der Waals surface area (Å²) in [5.74, 6) is 1.79. The Morgan fingerprint density at radius 2 is 2.16 bits per heavy atom. The van der Waals surface area contributed by atoms with Gasteiger partial charge in [-0.15, -0.1) is 0 Å². The molecule has 1 heterocycles. The fourth-order valence-electron chi connectivity index (χ4n) is 2.19. The van der Waals surface area contributed by atoms with Crippen LogP contribution in [0.3, 0.4) is 0 Å². The Morgan fingerprint density at radius 1 is 1.37 bits per heavy atom. The molecule has 0 saturated carbocycles. The molecule has 0 aliphatic carbocycles. The summed E-state index contributed by atoms with van der Waals surface area (Å²) in [6, 6.07) is 7.72. The number of furan rings is 1. The van der Waals surface area contributed by atoms with Gasteiger partial charge in [0.2, 0.25) is 0 Å². The molecule has 0 bridgehead atoms. The van der Waals surface area contributed by atoms with Gasteiger partial charge < -0.3 is 14.5 Å². The molecule has 19 heavy (non-hydrogen) atoms. The van der Waals surface area contributed by atoms with Crippen LogP contribution in [0.1, 0.15) is 22.9 Å². The Labute approximate surface area is 118 Å². The predicted molar refractivity (Wildman–Crippen MR) is 77.0 cm³/mol. The van der Waals surface area contributed by atoms with Gasteiger partial charge in [0.05, 0.1) is 19.4 Å². The lowest BCUT2D eigenvalue weighted by Crippen LogP contribution is -2.19. The number of likely N-dealkylation sites (N-methyl/N-ethyl adjacent to an activating group) is 1. The van der Waals surface area contributed by atoms with Crippen molar-refractivity contribution in [3.05, 3.63) is 52.4 Å². The lowest BCUT2D eigenvalue weighted by atomic mass is 10.0. The molecule has 102 valence electrons. The Morgan fingerprint density at radius 3 is 2.74 bits per heavy atom. The van der Waals surface area contributed by atoms with Gasteiger partial charge in [0.15, 0.2) is 0 Å². The van der Waals surface area contributed by atoms with Gasteiger partial charge in [-0.1, -0.05) is 11.6 Å². The maximum atomic E-state index is 6.06. The first kappa shape index (κ1) is 14.0. The fraction of sp³-hybridized carbons (Fsp3) is 0.333. The van der Waals surface area contributed by atoms with Crippen LogP contribution in [0.5, 0.6) is 5.75 Å². The van der Waals surface area contributed by atoms with Crippen LogP contribution in [0, 0.1) is 6.92 Å². The molecule has 0 aliphatic heterocycles. The van der Waals surface area contributed by atoms with Crippen molar-refractivity contribution in [2.24, 2.45) is 0 Å². The second kappa shape index (κ2) is 6.13. The maximum Gasteiger partial charge on any atom is 0.123 e. The number of halogens is 1. The number of hydrogen-bond acceptors (Lipinski definition) is 3. The lowest BCUT2D eigenvalue weighted by molar-refractivity contribution is 0.396. The van der Waals surface area contributed by atoms with Gasteiger partial charge >= 0.3 is 0 Å². The van der Waals surface area contributed by atoms with Crippen LogP contribution in [-0.4, -0.2) is 14.2 Å². The maximum absolute atomic E-state index is 6.06. The fourth-order valence-corrected chi connectivity index (χ4v) is 2.39. The van der Waals surface area contributed by atoms with Crippen LogP contribution < -0.4 is 10.1 Å². The molecule has 0 spiro atoms. The molecule has 0 fully saturated rings. The van der Waals surface area contributed by atoms with E-state index in [0.29, 0.717) is 5.02 Å². The number of methoxy groups -OCH3 is 1. The smallest absolute Gasteiger partial charge is 0.123 e. The van der Waals surface area contributed by atoms with Gasteiger partial charge in [-0.2, -0.15) is 0 Å². The summed E-state index contributed by atoms with van der Waals surface area (Å²) in [5, 5.41) is 3.98. The summed E-state index contributed by atoms with van der Waals surface area (Å²) in [6.45, 7) is 2.04. The molecule has 1 aromatic heterocycles. The lowest BCUT2D eigenvalue weighted by Gasteiger charge is -2.17. The average molecular weight is 280 g/mol. The van der Waals surface area contributed by atoms with Gasteiger partial charge in [0, 0.05) is 5.02 Å². The molecule has 1 atom stereocenters. The molecular weight excluding hydrogens is 262 g/mol. The summed E-state index contributed by atoms with van der Waals surface area (Å²) in [7, 11) is 3.59. The highest BCUT2D eigenvalue weighted by Crippen LogP contribution is 2.29. The summed E-state index contributed by atoms with van der Waals surface area (Å²) in [4.78, 5) is 0. The van der Waals surface area contributed by atoms with E-state index in [1.54, 1.807) is 13.4 Å². The van der Waals surface area contributed by atoms with Crippen molar-refractivity contribution in [2.45, 2.75) is 19.4 Å². The minimum absolute atomic E-state index is 0.0994. The van der Waals surface area contributed by atoms with Crippen LogP contribution in [-0.2, 0) is 6.42 Å². The normalized spacial score (nSPS) is 12.4. The minimum atomic E-state index is 0.0994. The number of benzene rings is 1. The summed E-state index contributed by atoms with van der Waals surface area (Å²) >= 11 is 6.06. The first-order chi connectivity index (χ1) is 9.15. The predicted octanol–water partition coefficient (Wildman–Crippen LogP) is 3.75. The molecule has 0 radical (unpaired) electrons. The molecule has 0 aliphatic rings. The number of rotatable bonds is 5. The molecule has 1 N–H and O–H groups in total. The van der Waals surface area contributed by atoms with Crippen molar-refractivity contribution in [1.82, 2.24) is 5.32 Å². The highest BCUT2D eigenvalue weighted by atomic mass is 35.5. The summed E-state index contributed by atoms with van der Waals surface area (Å²) < 4.78 is 10.9. The van der Waals surface area contributed by atoms with Crippen LogP contribution in [0.25, 0.3) is 0 Å². The summed E-state index contributed by atoms with van der Waals surface area (Å²) in [6.07, 6.45) is 2.47. The molecule has 4 heteroatoms. The topological polar surface area (TPSA) is 34.4 Å². The zero-order chi connectivity index (χ0) is 13.8. The quantitative estimate of drug-likeness (QED) is 0.905. The van der Waals surface area contributed by atoms with Crippen molar-refractivity contribution in [3.8, 4) is 5.75 Å². The Bertz CT molecular complexity index is 551. The number of nitrogens with one attached hydrogen (secondary N) is 1. The Hall–Kier alpha value is -1.45. The monoisotopic (exact) mass is 279 g/mol. The third-order valence-corrected chi connectivity index (χ3v) is 3.47. The highest BCUT2D eigenvalue weighted by Gasteiger charge is 2.18. The van der Waals surface area contributed by atoms with Crippen molar-refractivity contribution in [3.63, 3.8) is 0 Å². The second-order valence-corrected chi connectivity index (χ2v) is 4.91. The van der Waals surface area contributed by atoms with Gasteiger partial charge in [-0.25, -0.2) is 0 Å². The van der Waals surface area contributed by atoms with Crippen molar-refractivity contribution in [2.75, 3.05) is 14.2 Å². The van der Waals surface area contributed by atoms with E-state index < -0.39 is 0 Å². The average Bonchev–Trinajstić information content (AvgIpc) is 2.82. The highest BCUT2D eigenvalue weighted by molar-refractivity contribution is 6.30. The molecule has 2 rings (SSSR count). The second-order valence-electron chi connectivity index (χ2n) is 4.47. The zero-order valence-corrected chi connectivity index (χ0v) is 12.1. The van der Waals surface area contributed by atoms with Crippen LogP contribution in [0.2, 0.25) is 5.02 Å². The van der Waals surface area contributed by atoms with Gasteiger partial charge in [0.25, 0.3) is 0 Å². The van der Waals surface area contributed by atoms with Gasteiger partial charge in [0.1, 0.15) is 11.5 Å². The molecule has 0 amide bonds. The first-order valence-corrected chi connectivity index (χ1v) is 6.57. The summed E-state index contributed by atoms with van der Waals surface area (Å²) in [5.41, 5.74) is 2.20. The van der Waals surface area contributed by atoms with E-state index in [2.05, 4.69) is 5.32 Å². The Kier molecular flexibility index (Phi) is 4.51. The standard InChI is InChI=1S/C15H18ClNO2/c1-10-6-7-19-15(10)13(17-2)9-11-8-12(16)4-5-14(11)18-3/h4-8,13,17H,9H2,1-3H3. The Balaban J connectivity index is 2.28. The van der Waals surface area contributed by atoms with Crippen LogP contribution in [0.4, 0.5) is 0 Å². The van der Waals surface area contributed by atoms with E-state index in [0.717, 1.165) is 29.1 Å². The van der Waals surface area contributed by atoms with Gasteiger partial charge in [-0.3, -0.25) is 0 Å². The van der Waals surface area contributed by atoms with Crippen molar-refractivity contribution < 1.29 is 9.15 Å². The largest absolute Gasteiger partial charge is 0.496 e. The molecule has 1 unspecified atom stereocenters. The van der Waals surface area contributed by atoms with E-state index >= 15 is 0 Å². The van der Waals surface area contributed by atoms with Crippen molar-refractivity contribution in [1.29, 1.82) is 0 Å². The number of hydrogen-bond donors (Lipinski definition) is 1. The van der Waals surface area contributed by atoms with E-state index in [-0.39, 0.29) is 6.04 Å². The number of ether oxygens (including phenoxy) is 1. The first-order valence-electron chi connectivity index (χ1n) is 6.19. The number of aryl methyl sites for hydroxylation is 1. The van der Waals surface area contributed by atoms with Crippen molar-refractivity contribution >= 4 is 11.6 Å². The SMILES string of the molecule is CNC(Cc1cc(Cl)ccc1OC)c1occc1C. The van der Waals surface area contributed by atoms with E-state index in [1.807, 2.05) is 38.2 Å². The molecular formula is C15H18ClNO2. The molecule has 0 saturated heterocycles. The third-order valence-electron chi connectivity index (χ3n) is 3.23. The third kappa shape index (κ3) is 3.11. The molecule has 3 nitrogen and oxygen atoms in total. The minimum Gasteiger partial charge on any atom is -0.496 e.